The second-order valence-corrected chi connectivity index (χ2v) is 6.33. The lowest BCUT2D eigenvalue weighted by Crippen LogP contribution is -2.39. The average Bonchev–Trinajstić information content (AvgIpc) is 3.09. The van der Waals surface area contributed by atoms with Crippen molar-refractivity contribution >= 4 is 11.7 Å². The Kier molecular flexibility index (Phi) is 5.68. The standard InChI is InChI=1S/C20H24N2O3/c1-2-19(23)12-22(11-15-6-4-3-5-7-15)20(24)21-18-9-8-16-13-25-14-17(16)10-18/h3-10,19,23H,2,11-14H2,1H3,(H,21,24). The molecule has 2 amide bonds. The Morgan fingerprint density at radius 3 is 2.72 bits per heavy atom. The first-order valence-corrected chi connectivity index (χ1v) is 8.63. The summed E-state index contributed by atoms with van der Waals surface area (Å²) in [4.78, 5) is 14.4. The van der Waals surface area contributed by atoms with Crippen LogP contribution in [0.25, 0.3) is 0 Å². The summed E-state index contributed by atoms with van der Waals surface area (Å²) in [6.45, 7) is 3.88. The summed E-state index contributed by atoms with van der Waals surface area (Å²) in [7, 11) is 0. The van der Waals surface area contributed by atoms with Crippen molar-refractivity contribution in [3.63, 3.8) is 0 Å². The zero-order valence-corrected chi connectivity index (χ0v) is 14.4. The molecule has 2 aromatic carbocycles. The van der Waals surface area contributed by atoms with Crippen molar-refractivity contribution in [1.29, 1.82) is 0 Å². The van der Waals surface area contributed by atoms with E-state index < -0.39 is 6.10 Å². The van der Waals surface area contributed by atoms with Crippen molar-refractivity contribution in [2.24, 2.45) is 0 Å². The lowest BCUT2D eigenvalue weighted by molar-refractivity contribution is 0.119. The van der Waals surface area contributed by atoms with Gasteiger partial charge >= 0.3 is 6.03 Å². The van der Waals surface area contributed by atoms with E-state index in [1.54, 1.807) is 4.90 Å². The Labute approximate surface area is 148 Å². The highest BCUT2D eigenvalue weighted by molar-refractivity contribution is 5.89. The van der Waals surface area contributed by atoms with Gasteiger partial charge in [0.15, 0.2) is 0 Å². The fraction of sp³-hybridized carbons (Fsp3) is 0.350. The summed E-state index contributed by atoms with van der Waals surface area (Å²) in [5, 5.41) is 13.0. The fourth-order valence-electron chi connectivity index (χ4n) is 2.86. The van der Waals surface area contributed by atoms with Crippen LogP contribution >= 0.6 is 0 Å². The van der Waals surface area contributed by atoms with Crippen LogP contribution in [0.3, 0.4) is 0 Å². The second-order valence-electron chi connectivity index (χ2n) is 6.33. The topological polar surface area (TPSA) is 61.8 Å². The normalized spacial score (nSPS) is 14.0. The van der Waals surface area contributed by atoms with E-state index in [1.807, 2.05) is 55.5 Å². The average molecular weight is 340 g/mol. The molecule has 1 heterocycles. The van der Waals surface area contributed by atoms with Gasteiger partial charge in [-0.15, -0.1) is 0 Å². The molecule has 132 valence electrons. The van der Waals surface area contributed by atoms with E-state index in [4.69, 9.17) is 4.74 Å². The van der Waals surface area contributed by atoms with E-state index in [-0.39, 0.29) is 6.03 Å². The molecule has 0 radical (unpaired) electrons. The molecule has 2 aromatic rings. The number of anilines is 1. The Hall–Kier alpha value is -2.37. The predicted octanol–water partition coefficient (Wildman–Crippen LogP) is 3.52. The summed E-state index contributed by atoms with van der Waals surface area (Å²) in [6, 6.07) is 15.4. The van der Waals surface area contributed by atoms with E-state index in [0.717, 1.165) is 16.8 Å². The Morgan fingerprint density at radius 2 is 1.96 bits per heavy atom. The minimum absolute atomic E-state index is 0.213. The first kappa shape index (κ1) is 17.5. The molecule has 0 fully saturated rings. The highest BCUT2D eigenvalue weighted by Crippen LogP contribution is 2.23. The van der Waals surface area contributed by atoms with Crippen molar-refractivity contribution in [3.8, 4) is 0 Å². The number of carbonyl (C=O) groups excluding carboxylic acids is 1. The monoisotopic (exact) mass is 340 g/mol. The maximum absolute atomic E-state index is 12.7. The van der Waals surface area contributed by atoms with Crippen molar-refractivity contribution < 1.29 is 14.6 Å². The zero-order chi connectivity index (χ0) is 17.6. The number of hydrogen-bond acceptors (Lipinski definition) is 3. The van der Waals surface area contributed by atoms with Crippen LogP contribution in [-0.2, 0) is 24.5 Å². The third kappa shape index (κ3) is 4.59. The molecule has 0 aromatic heterocycles. The fourth-order valence-corrected chi connectivity index (χ4v) is 2.86. The van der Waals surface area contributed by atoms with Crippen LogP contribution in [0.4, 0.5) is 10.5 Å². The van der Waals surface area contributed by atoms with Crippen molar-refractivity contribution in [1.82, 2.24) is 4.90 Å². The quantitative estimate of drug-likeness (QED) is 0.846. The minimum atomic E-state index is -0.539. The van der Waals surface area contributed by atoms with Gasteiger partial charge in [-0.25, -0.2) is 4.79 Å². The number of rotatable bonds is 6. The summed E-state index contributed by atoms with van der Waals surface area (Å²) < 4.78 is 5.41. The van der Waals surface area contributed by atoms with Gasteiger partial charge in [0.2, 0.25) is 0 Å². The number of nitrogens with zero attached hydrogens (tertiary/aromatic N) is 1. The Bertz CT molecular complexity index is 718. The largest absolute Gasteiger partial charge is 0.391 e. The van der Waals surface area contributed by atoms with Crippen LogP contribution in [0.2, 0.25) is 0 Å². The van der Waals surface area contributed by atoms with Gasteiger partial charge < -0.3 is 20.1 Å². The van der Waals surface area contributed by atoms with Crippen LogP contribution in [0.1, 0.15) is 30.0 Å². The van der Waals surface area contributed by atoms with Gasteiger partial charge in [-0.1, -0.05) is 43.3 Å². The SMILES string of the molecule is CCC(O)CN(Cc1ccccc1)C(=O)Nc1ccc2c(c1)COC2. The molecule has 1 unspecified atom stereocenters. The van der Waals surface area contributed by atoms with E-state index in [1.165, 1.54) is 5.56 Å². The smallest absolute Gasteiger partial charge is 0.322 e. The van der Waals surface area contributed by atoms with Crippen molar-refractivity contribution in [2.45, 2.75) is 39.2 Å². The molecule has 1 aliphatic rings. The molecular weight excluding hydrogens is 316 g/mol. The first-order valence-electron chi connectivity index (χ1n) is 8.63. The van der Waals surface area contributed by atoms with Crippen LogP contribution in [0, 0.1) is 0 Å². The van der Waals surface area contributed by atoms with E-state index in [2.05, 4.69) is 5.32 Å². The van der Waals surface area contributed by atoms with Crippen LogP contribution < -0.4 is 5.32 Å². The zero-order valence-electron chi connectivity index (χ0n) is 14.4. The highest BCUT2D eigenvalue weighted by Gasteiger charge is 2.18. The minimum Gasteiger partial charge on any atom is -0.391 e. The summed E-state index contributed by atoms with van der Waals surface area (Å²) in [5.41, 5.74) is 4.06. The molecule has 0 bridgehead atoms. The first-order chi connectivity index (χ1) is 12.2. The van der Waals surface area contributed by atoms with Crippen molar-refractivity contribution in [2.75, 3.05) is 11.9 Å². The van der Waals surface area contributed by atoms with Gasteiger partial charge in [0.05, 0.1) is 19.3 Å². The van der Waals surface area contributed by atoms with Gasteiger partial charge in [-0.3, -0.25) is 0 Å². The number of aliphatic hydroxyl groups excluding tert-OH is 1. The van der Waals surface area contributed by atoms with E-state index in [0.29, 0.717) is 32.7 Å². The Balaban J connectivity index is 1.71. The molecule has 0 spiro atoms. The Morgan fingerprint density at radius 1 is 1.20 bits per heavy atom. The molecule has 0 saturated carbocycles. The number of urea groups is 1. The predicted molar refractivity (Wildman–Crippen MR) is 97.1 cm³/mol. The van der Waals surface area contributed by atoms with Gasteiger partial charge in [-0.2, -0.15) is 0 Å². The van der Waals surface area contributed by atoms with E-state index >= 15 is 0 Å². The number of benzene rings is 2. The number of aliphatic hydroxyl groups is 1. The van der Waals surface area contributed by atoms with Gasteiger partial charge in [0.25, 0.3) is 0 Å². The van der Waals surface area contributed by atoms with Crippen LogP contribution in [0.15, 0.2) is 48.5 Å². The van der Waals surface area contributed by atoms with Gasteiger partial charge in [-0.05, 0) is 35.2 Å². The van der Waals surface area contributed by atoms with E-state index in [9.17, 15) is 9.90 Å². The second kappa shape index (κ2) is 8.14. The molecule has 1 atom stereocenters. The molecule has 5 heteroatoms. The maximum Gasteiger partial charge on any atom is 0.322 e. The molecule has 1 aliphatic heterocycles. The number of carbonyl (C=O) groups is 1. The molecule has 25 heavy (non-hydrogen) atoms. The molecule has 0 saturated heterocycles. The summed E-state index contributed by atoms with van der Waals surface area (Å²) in [5.74, 6) is 0. The van der Waals surface area contributed by atoms with Crippen LogP contribution in [-0.4, -0.2) is 28.7 Å². The number of ether oxygens (including phenoxy) is 1. The lowest BCUT2D eigenvalue weighted by atomic mass is 10.1. The number of fused-ring (bicyclic) bond motifs is 1. The third-order valence-electron chi connectivity index (χ3n) is 4.38. The number of hydrogen-bond donors (Lipinski definition) is 2. The molecule has 5 nitrogen and oxygen atoms in total. The van der Waals surface area contributed by atoms with Gasteiger partial charge in [0, 0.05) is 18.8 Å². The number of amides is 2. The number of nitrogens with one attached hydrogen (secondary N) is 1. The summed E-state index contributed by atoms with van der Waals surface area (Å²) >= 11 is 0. The molecular formula is C20H24N2O3. The molecule has 2 N–H and O–H groups in total. The van der Waals surface area contributed by atoms with Crippen molar-refractivity contribution in [3.05, 3.63) is 65.2 Å². The molecule has 0 aliphatic carbocycles. The van der Waals surface area contributed by atoms with Crippen LogP contribution in [0.5, 0.6) is 0 Å². The summed E-state index contributed by atoms with van der Waals surface area (Å²) in [6.07, 6.45) is 0.0669. The highest BCUT2D eigenvalue weighted by atomic mass is 16.5. The third-order valence-corrected chi connectivity index (χ3v) is 4.38. The molecule has 3 rings (SSSR count). The lowest BCUT2D eigenvalue weighted by Gasteiger charge is -2.25. The van der Waals surface area contributed by atoms with Gasteiger partial charge in [0.1, 0.15) is 0 Å². The maximum atomic E-state index is 12.7.